The van der Waals surface area contributed by atoms with E-state index in [-0.39, 0.29) is 24.2 Å². The van der Waals surface area contributed by atoms with E-state index in [1.54, 1.807) is 23.1 Å². The maximum atomic E-state index is 12.4. The molecule has 1 fully saturated rings. The molecule has 6 heteroatoms. The van der Waals surface area contributed by atoms with Crippen LogP contribution in [0.25, 0.3) is 0 Å². The van der Waals surface area contributed by atoms with Gasteiger partial charge in [0, 0.05) is 28.8 Å². The van der Waals surface area contributed by atoms with Crippen LogP contribution in [0.1, 0.15) is 6.42 Å². The lowest BCUT2D eigenvalue weighted by Gasteiger charge is -2.16. The molecule has 23 heavy (non-hydrogen) atoms. The molecule has 2 aromatic rings. The number of nitrogens with zero attached hydrogens (tertiary/aromatic N) is 1. The first kappa shape index (κ1) is 16.0. The van der Waals surface area contributed by atoms with Crippen molar-refractivity contribution in [3.05, 3.63) is 58.0 Å². The van der Waals surface area contributed by atoms with E-state index in [1.165, 1.54) is 0 Å². The van der Waals surface area contributed by atoms with E-state index in [1.807, 2.05) is 30.3 Å². The summed E-state index contributed by atoms with van der Waals surface area (Å²) in [6.07, 6.45) is 0.213. The van der Waals surface area contributed by atoms with E-state index in [4.69, 9.17) is 11.6 Å². The Bertz CT molecular complexity index is 752. The van der Waals surface area contributed by atoms with Crippen LogP contribution in [-0.4, -0.2) is 18.4 Å². The molecule has 1 heterocycles. The van der Waals surface area contributed by atoms with Crippen LogP contribution in [-0.2, 0) is 9.59 Å². The van der Waals surface area contributed by atoms with Crippen molar-refractivity contribution >= 4 is 50.7 Å². The lowest BCUT2D eigenvalue weighted by Crippen LogP contribution is -2.28. The van der Waals surface area contributed by atoms with Gasteiger partial charge in [-0.05, 0) is 46.3 Å². The normalized spacial score (nSPS) is 17.4. The van der Waals surface area contributed by atoms with Gasteiger partial charge < -0.3 is 10.2 Å². The maximum absolute atomic E-state index is 12.4. The lowest BCUT2D eigenvalue weighted by atomic mass is 10.1. The monoisotopic (exact) mass is 392 g/mol. The summed E-state index contributed by atoms with van der Waals surface area (Å²) in [6, 6.07) is 14.6. The van der Waals surface area contributed by atoms with Crippen molar-refractivity contribution < 1.29 is 9.59 Å². The summed E-state index contributed by atoms with van der Waals surface area (Å²) >= 11 is 9.33. The third-order valence-electron chi connectivity index (χ3n) is 3.75. The standard InChI is InChI=1S/C17H14BrClN2O2/c18-14-7-6-12(9-15(14)19)20-17(23)11-8-16(22)21(10-11)13-4-2-1-3-5-13/h1-7,9,11H,8,10H2,(H,20,23)/t11-/m0/s1. The zero-order chi connectivity index (χ0) is 16.4. The predicted molar refractivity (Wildman–Crippen MR) is 94.7 cm³/mol. The number of halogens is 2. The van der Waals surface area contributed by atoms with Gasteiger partial charge in [0.15, 0.2) is 0 Å². The number of anilines is 2. The average molecular weight is 394 g/mol. The zero-order valence-corrected chi connectivity index (χ0v) is 14.5. The van der Waals surface area contributed by atoms with Crippen molar-refractivity contribution in [1.82, 2.24) is 0 Å². The molecule has 1 aliphatic heterocycles. The van der Waals surface area contributed by atoms with Crippen LogP contribution in [0.2, 0.25) is 5.02 Å². The van der Waals surface area contributed by atoms with Crippen molar-refractivity contribution in [2.75, 3.05) is 16.8 Å². The van der Waals surface area contributed by atoms with Crippen LogP contribution in [0.15, 0.2) is 53.0 Å². The third kappa shape index (κ3) is 3.57. The first-order valence-corrected chi connectivity index (χ1v) is 8.33. The molecule has 0 saturated carbocycles. The number of hydrogen-bond acceptors (Lipinski definition) is 2. The molecule has 0 aliphatic carbocycles. The highest BCUT2D eigenvalue weighted by molar-refractivity contribution is 9.10. The fraction of sp³-hybridized carbons (Fsp3) is 0.176. The minimum atomic E-state index is -0.370. The number of para-hydroxylation sites is 1. The first-order chi connectivity index (χ1) is 11.0. The molecular formula is C17H14BrClN2O2. The van der Waals surface area contributed by atoms with Gasteiger partial charge >= 0.3 is 0 Å². The van der Waals surface area contributed by atoms with E-state index in [2.05, 4.69) is 21.2 Å². The van der Waals surface area contributed by atoms with Crippen molar-refractivity contribution in [2.24, 2.45) is 5.92 Å². The van der Waals surface area contributed by atoms with Crippen LogP contribution in [0, 0.1) is 5.92 Å². The Morgan fingerprint density at radius 2 is 1.96 bits per heavy atom. The summed E-state index contributed by atoms with van der Waals surface area (Å²) in [6.45, 7) is 0.388. The SMILES string of the molecule is O=C(Nc1ccc(Br)c(Cl)c1)[C@H]1CC(=O)N(c2ccccc2)C1. The molecule has 4 nitrogen and oxygen atoms in total. The Labute approximate surface area is 147 Å². The quantitative estimate of drug-likeness (QED) is 0.854. The Kier molecular flexibility index (Phi) is 4.68. The van der Waals surface area contributed by atoms with Crippen LogP contribution in [0.5, 0.6) is 0 Å². The third-order valence-corrected chi connectivity index (χ3v) is 4.98. The second kappa shape index (κ2) is 6.72. The van der Waals surface area contributed by atoms with E-state index >= 15 is 0 Å². The molecule has 0 aromatic heterocycles. The molecular weight excluding hydrogens is 380 g/mol. The molecule has 0 bridgehead atoms. The van der Waals surface area contributed by atoms with Crippen molar-refractivity contribution in [3.8, 4) is 0 Å². The number of hydrogen-bond donors (Lipinski definition) is 1. The van der Waals surface area contributed by atoms with Crippen LogP contribution < -0.4 is 10.2 Å². The van der Waals surface area contributed by atoms with Crippen molar-refractivity contribution in [2.45, 2.75) is 6.42 Å². The first-order valence-electron chi connectivity index (χ1n) is 7.16. The summed E-state index contributed by atoms with van der Waals surface area (Å²) in [5.74, 6) is -0.578. The highest BCUT2D eigenvalue weighted by Gasteiger charge is 2.35. The fourth-order valence-corrected chi connectivity index (χ4v) is 2.99. The van der Waals surface area contributed by atoms with E-state index in [0.717, 1.165) is 10.2 Å². The summed E-state index contributed by atoms with van der Waals surface area (Å²) in [4.78, 5) is 26.2. The van der Waals surface area contributed by atoms with Crippen LogP contribution >= 0.6 is 27.5 Å². The second-order valence-corrected chi connectivity index (χ2v) is 6.62. The maximum Gasteiger partial charge on any atom is 0.229 e. The minimum Gasteiger partial charge on any atom is -0.326 e. The average Bonchev–Trinajstić information content (AvgIpc) is 2.94. The zero-order valence-electron chi connectivity index (χ0n) is 12.1. The van der Waals surface area contributed by atoms with Crippen molar-refractivity contribution in [1.29, 1.82) is 0 Å². The molecule has 1 N–H and O–H groups in total. The van der Waals surface area contributed by atoms with Gasteiger partial charge in [0.25, 0.3) is 0 Å². The van der Waals surface area contributed by atoms with Gasteiger partial charge in [-0.2, -0.15) is 0 Å². The van der Waals surface area contributed by atoms with Crippen molar-refractivity contribution in [3.63, 3.8) is 0 Å². The van der Waals surface area contributed by atoms with E-state index in [0.29, 0.717) is 17.3 Å². The Morgan fingerprint density at radius 3 is 2.65 bits per heavy atom. The molecule has 2 aromatic carbocycles. The second-order valence-electron chi connectivity index (χ2n) is 5.36. The number of amides is 2. The molecule has 2 amide bonds. The number of nitrogens with one attached hydrogen (secondary N) is 1. The lowest BCUT2D eigenvalue weighted by molar-refractivity contribution is -0.122. The van der Waals surface area contributed by atoms with Gasteiger partial charge in [-0.25, -0.2) is 0 Å². The number of carbonyl (C=O) groups excluding carboxylic acids is 2. The largest absolute Gasteiger partial charge is 0.326 e. The summed E-state index contributed by atoms with van der Waals surface area (Å²) < 4.78 is 0.767. The number of carbonyl (C=O) groups is 2. The molecule has 0 unspecified atom stereocenters. The molecule has 3 rings (SSSR count). The molecule has 1 atom stereocenters. The molecule has 0 spiro atoms. The van der Waals surface area contributed by atoms with E-state index in [9.17, 15) is 9.59 Å². The molecule has 118 valence electrons. The summed E-state index contributed by atoms with van der Waals surface area (Å²) in [5.41, 5.74) is 1.44. The summed E-state index contributed by atoms with van der Waals surface area (Å²) in [5, 5.41) is 3.35. The molecule has 1 saturated heterocycles. The Balaban J connectivity index is 1.69. The smallest absolute Gasteiger partial charge is 0.229 e. The highest BCUT2D eigenvalue weighted by atomic mass is 79.9. The van der Waals surface area contributed by atoms with Gasteiger partial charge in [0.1, 0.15) is 0 Å². The van der Waals surface area contributed by atoms with Gasteiger partial charge in [0.2, 0.25) is 11.8 Å². The van der Waals surface area contributed by atoms with Crippen LogP contribution in [0.4, 0.5) is 11.4 Å². The van der Waals surface area contributed by atoms with Gasteiger partial charge in [0.05, 0.1) is 10.9 Å². The van der Waals surface area contributed by atoms with E-state index < -0.39 is 0 Å². The molecule has 1 aliphatic rings. The van der Waals surface area contributed by atoms with Gasteiger partial charge in [-0.15, -0.1) is 0 Å². The Hall–Kier alpha value is -1.85. The highest BCUT2D eigenvalue weighted by Crippen LogP contribution is 2.28. The fourth-order valence-electron chi connectivity index (χ4n) is 2.56. The van der Waals surface area contributed by atoms with Gasteiger partial charge in [-0.3, -0.25) is 9.59 Å². The van der Waals surface area contributed by atoms with Crippen LogP contribution in [0.3, 0.4) is 0 Å². The number of rotatable bonds is 3. The number of benzene rings is 2. The summed E-state index contributed by atoms with van der Waals surface area (Å²) in [7, 11) is 0. The van der Waals surface area contributed by atoms with Gasteiger partial charge in [-0.1, -0.05) is 29.8 Å². The predicted octanol–water partition coefficient (Wildman–Crippen LogP) is 4.09. The Morgan fingerprint density at radius 1 is 1.22 bits per heavy atom. The topological polar surface area (TPSA) is 49.4 Å². The minimum absolute atomic E-state index is 0.0369. The molecule has 0 radical (unpaired) electrons.